The van der Waals surface area contributed by atoms with Crippen LogP contribution in [0.4, 0.5) is 0 Å². The van der Waals surface area contributed by atoms with Crippen LogP contribution in [0.2, 0.25) is 0 Å². The summed E-state index contributed by atoms with van der Waals surface area (Å²) >= 11 is 0. The SMILES string of the molecule is CN(C(=O)c1n[nH]c2cc(C3CCOCC3)ccc12)C1CN2CCC1CC2.O=CO. The summed E-state index contributed by atoms with van der Waals surface area (Å²) in [4.78, 5) is 26.0. The number of carbonyl (C=O) groups excluding carboxylic acids is 1. The third-order valence-electron chi connectivity index (χ3n) is 6.92. The lowest BCUT2D eigenvalue weighted by Gasteiger charge is -2.47. The number of piperidine rings is 3. The lowest BCUT2D eigenvalue weighted by atomic mass is 9.83. The Morgan fingerprint density at radius 1 is 1.27 bits per heavy atom. The molecule has 2 aromatic rings. The maximum absolute atomic E-state index is 13.2. The van der Waals surface area contributed by atoms with Crippen molar-refractivity contribution in [3.8, 4) is 0 Å². The number of aromatic amines is 1. The van der Waals surface area contributed by atoms with E-state index in [2.05, 4.69) is 33.3 Å². The Morgan fingerprint density at radius 2 is 1.97 bits per heavy atom. The van der Waals surface area contributed by atoms with Gasteiger partial charge in [0.2, 0.25) is 0 Å². The number of fused-ring (bicyclic) bond motifs is 4. The molecule has 0 aliphatic carbocycles. The maximum Gasteiger partial charge on any atom is 0.290 e. The number of ether oxygens (including phenoxy) is 1. The van der Waals surface area contributed by atoms with Crippen LogP contribution in [0.15, 0.2) is 18.2 Å². The van der Waals surface area contributed by atoms with Crippen LogP contribution in [0.25, 0.3) is 10.9 Å². The Morgan fingerprint density at radius 3 is 2.60 bits per heavy atom. The van der Waals surface area contributed by atoms with Crippen LogP contribution >= 0.6 is 0 Å². The second kappa shape index (κ2) is 9.14. The number of hydrogen-bond donors (Lipinski definition) is 2. The molecule has 1 unspecified atom stereocenters. The van der Waals surface area contributed by atoms with E-state index in [4.69, 9.17) is 14.6 Å². The third-order valence-corrected chi connectivity index (χ3v) is 6.92. The van der Waals surface area contributed by atoms with Crippen LogP contribution in [0, 0.1) is 5.92 Å². The van der Waals surface area contributed by atoms with E-state index >= 15 is 0 Å². The van der Waals surface area contributed by atoms with E-state index in [1.54, 1.807) is 0 Å². The Hall–Kier alpha value is -2.45. The number of H-pyrrole nitrogens is 1. The van der Waals surface area contributed by atoms with Crippen LogP contribution in [0.3, 0.4) is 0 Å². The molecular formula is C22H30N4O4. The molecule has 4 aliphatic heterocycles. The first-order valence-electron chi connectivity index (χ1n) is 10.8. The molecule has 1 atom stereocenters. The second-order valence-electron chi connectivity index (χ2n) is 8.49. The zero-order chi connectivity index (χ0) is 21.1. The third kappa shape index (κ3) is 4.06. The zero-order valence-electron chi connectivity index (χ0n) is 17.4. The molecule has 1 amide bonds. The fraction of sp³-hybridized carbons (Fsp3) is 0.591. The summed E-state index contributed by atoms with van der Waals surface area (Å²) in [7, 11) is 1.95. The number of nitrogens with one attached hydrogen (secondary N) is 1. The highest BCUT2D eigenvalue weighted by atomic mass is 16.5. The summed E-state index contributed by atoms with van der Waals surface area (Å²) in [6.07, 6.45) is 4.54. The molecule has 0 spiro atoms. The van der Waals surface area contributed by atoms with Crippen molar-refractivity contribution >= 4 is 23.3 Å². The van der Waals surface area contributed by atoms with Crippen molar-refractivity contribution < 1.29 is 19.4 Å². The predicted octanol–water partition coefficient (Wildman–Crippen LogP) is 2.32. The van der Waals surface area contributed by atoms with Crippen molar-refractivity contribution in [1.29, 1.82) is 0 Å². The van der Waals surface area contributed by atoms with Gasteiger partial charge in [-0.2, -0.15) is 5.10 Å². The van der Waals surface area contributed by atoms with Crippen molar-refractivity contribution in [2.45, 2.75) is 37.6 Å². The Balaban J connectivity index is 0.000000687. The van der Waals surface area contributed by atoms with Crippen molar-refractivity contribution in [1.82, 2.24) is 20.0 Å². The van der Waals surface area contributed by atoms with Gasteiger partial charge in [0.05, 0.1) is 5.52 Å². The first-order valence-corrected chi connectivity index (χ1v) is 10.8. The molecule has 30 heavy (non-hydrogen) atoms. The fourth-order valence-corrected chi connectivity index (χ4v) is 5.18. The minimum absolute atomic E-state index is 0.0406. The number of hydrogen-bond acceptors (Lipinski definition) is 5. The quantitative estimate of drug-likeness (QED) is 0.748. The van der Waals surface area contributed by atoms with Gasteiger partial charge in [0.1, 0.15) is 0 Å². The molecule has 1 aromatic carbocycles. The summed E-state index contributed by atoms with van der Waals surface area (Å²) < 4.78 is 5.48. The van der Waals surface area contributed by atoms with Gasteiger partial charge in [-0.05, 0) is 62.2 Å². The number of rotatable bonds is 3. The normalized spacial score (nSPS) is 26.1. The van der Waals surface area contributed by atoms with Crippen LogP contribution in [-0.4, -0.2) is 83.4 Å². The summed E-state index contributed by atoms with van der Waals surface area (Å²) in [5.41, 5.74) is 2.84. The van der Waals surface area contributed by atoms with Gasteiger partial charge < -0.3 is 19.6 Å². The number of amides is 1. The number of carboxylic acid groups (broad SMARTS) is 1. The van der Waals surface area contributed by atoms with Crippen molar-refractivity contribution in [3.05, 3.63) is 29.5 Å². The molecular weight excluding hydrogens is 384 g/mol. The molecule has 8 heteroatoms. The van der Waals surface area contributed by atoms with E-state index in [1.807, 2.05) is 11.9 Å². The number of nitrogens with zero attached hydrogens (tertiary/aromatic N) is 3. The smallest absolute Gasteiger partial charge is 0.290 e. The fourth-order valence-electron chi connectivity index (χ4n) is 5.18. The lowest BCUT2D eigenvalue weighted by Crippen LogP contribution is -2.57. The molecule has 0 saturated carbocycles. The number of aromatic nitrogens is 2. The molecule has 0 radical (unpaired) electrons. The van der Waals surface area contributed by atoms with Crippen LogP contribution in [-0.2, 0) is 9.53 Å². The van der Waals surface area contributed by atoms with Gasteiger partial charge in [-0.25, -0.2) is 0 Å². The van der Waals surface area contributed by atoms with Gasteiger partial charge >= 0.3 is 0 Å². The van der Waals surface area contributed by atoms with Crippen molar-refractivity contribution in [2.24, 2.45) is 5.92 Å². The molecule has 2 N–H and O–H groups in total. The Bertz CT molecular complexity index is 884. The van der Waals surface area contributed by atoms with Gasteiger partial charge in [0.25, 0.3) is 12.4 Å². The van der Waals surface area contributed by atoms with E-state index in [0.717, 1.165) is 43.5 Å². The molecule has 2 bridgehead atoms. The topological polar surface area (TPSA) is 98.8 Å². The first kappa shape index (κ1) is 20.8. The molecule has 4 saturated heterocycles. The monoisotopic (exact) mass is 414 g/mol. The Kier molecular flexibility index (Phi) is 6.34. The van der Waals surface area contributed by atoms with Crippen molar-refractivity contribution in [2.75, 3.05) is 39.9 Å². The minimum Gasteiger partial charge on any atom is -0.483 e. The van der Waals surface area contributed by atoms with Crippen LogP contribution < -0.4 is 0 Å². The summed E-state index contributed by atoms with van der Waals surface area (Å²) in [6, 6.07) is 6.72. The maximum atomic E-state index is 13.2. The highest BCUT2D eigenvalue weighted by Crippen LogP contribution is 2.32. The van der Waals surface area contributed by atoms with E-state index in [0.29, 0.717) is 23.6 Å². The van der Waals surface area contributed by atoms with E-state index in [9.17, 15) is 4.79 Å². The van der Waals surface area contributed by atoms with Gasteiger partial charge in [0, 0.05) is 38.2 Å². The average molecular weight is 415 g/mol. The summed E-state index contributed by atoms with van der Waals surface area (Å²) in [5.74, 6) is 1.22. The lowest BCUT2D eigenvalue weighted by molar-refractivity contribution is -0.122. The Labute approximate surface area is 176 Å². The standard InChI is InChI=1S/C21H28N4O2.CH2O2/c1-24(19-13-25-8-4-15(19)5-9-25)21(26)20-17-3-2-16(12-18(17)22-23-20)14-6-10-27-11-7-14;2-1-3/h2-3,12,14-15,19H,4-11,13H2,1H3,(H,22,23);1H,(H,2,3). The first-order chi connectivity index (χ1) is 14.6. The number of benzene rings is 1. The second-order valence-corrected chi connectivity index (χ2v) is 8.49. The van der Waals surface area contributed by atoms with E-state index in [1.165, 1.54) is 31.5 Å². The van der Waals surface area contributed by atoms with Gasteiger partial charge in [0.15, 0.2) is 5.69 Å². The largest absolute Gasteiger partial charge is 0.483 e. The molecule has 4 fully saturated rings. The van der Waals surface area contributed by atoms with Gasteiger partial charge in [-0.3, -0.25) is 14.7 Å². The molecule has 8 nitrogen and oxygen atoms in total. The van der Waals surface area contributed by atoms with Gasteiger partial charge in [-0.1, -0.05) is 12.1 Å². The zero-order valence-corrected chi connectivity index (χ0v) is 17.4. The van der Waals surface area contributed by atoms with Crippen molar-refractivity contribution in [3.63, 3.8) is 0 Å². The molecule has 1 aromatic heterocycles. The molecule has 162 valence electrons. The average Bonchev–Trinajstić information content (AvgIpc) is 3.23. The van der Waals surface area contributed by atoms with Crippen LogP contribution in [0.1, 0.15) is 47.7 Å². The number of carbonyl (C=O) groups is 2. The van der Waals surface area contributed by atoms with E-state index < -0.39 is 0 Å². The number of likely N-dealkylation sites (N-methyl/N-ethyl adjacent to an activating group) is 1. The molecule has 5 heterocycles. The van der Waals surface area contributed by atoms with Gasteiger partial charge in [-0.15, -0.1) is 0 Å². The summed E-state index contributed by atoms with van der Waals surface area (Å²) in [6.45, 7) is 4.79. The van der Waals surface area contributed by atoms with E-state index in [-0.39, 0.29) is 12.4 Å². The summed E-state index contributed by atoms with van der Waals surface area (Å²) in [5, 5.41) is 15.3. The minimum atomic E-state index is -0.250. The predicted molar refractivity (Wildman–Crippen MR) is 113 cm³/mol. The highest BCUT2D eigenvalue weighted by molar-refractivity contribution is 6.04. The highest BCUT2D eigenvalue weighted by Gasteiger charge is 2.38. The van der Waals surface area contributed by atoms with Crippen LogP contribution in [0.5, 0.6) is 0 Å². The molecule has 6 rings (SSSR count). The molecule has 4 aliphatic rings.